The van der Waals surface area contributed by atoms with Gasteiger partial charge >= 0.3 is 5.97 Å². The minimum atomic E-state index is -0.339. The summed E-state index contributed by atoms with van der Waals surface area (Å²) in [5, 5.41) is 0. The Bertz CT molecular complexity index is 207. The highest BCUT2D eigenvalue weighted by atomic mass is 16.5. The molecule has 0 amide bonds. The van der Waals surface area contributed by atoms with Crippen LogP contribution in [-0.4, -0.2) is 18.8 Å². The summed E-state index contributed by atoms with van der Waals surface area (Å²) in [6.45, 7) is 6.00. The van der Waals surface area contributed by atoms with E-state index in [0.717, 1.165) is 12.8 Å². The Morgan fingerprint density at radius 3 is 2.62 bits per heavy atom. The summed E-state index contributed by atoms with van der Waals surface area (Å²) >= 11 is 0. The van der Waals surface area contributed by atoms with Crippen LogP contribution in [-0.2, 0) is 9.53 Å². The van der Waals surface area contributed by atoms with Gasteiger partial charge in [-0.05, 0) is 20.3 Å². The summed E-state index contributed by atoms with van der Waals surface area (Å²) in [7, 11) is 0. The maximum atomic E-state index is 11.2. The highest BCUT2D eigenvalue weighted by Gasteiger charge is 2.06. The van der Waals surface area contributed by atoms with Crippen LogP contribution in [0.25, 0.3) is 0 Å². The molecule has 0 aromatic carbocycles. The summed E-state index contributed by atoms with van der Waals surface area (Å²) in [5.74, 6) is -0.339. The predicted molar refractivity (Wildman–Crippen MR) is 53.8 cm³/mol. The van der Waals surface area contributed by atoms with Gasteiger partial charge in [-0.15, -0.1) is 0 Å². The van der Waals surface area contributed by atoms with Crippen LogP contribution in [0.5, 0.6) is 0 Å². The molecule has 0 saturated heterocycles. The third-order valence-corrected chi connectivity index (χ3v) is 1.38. The van der Waals surface area contributed by atoms with Crippen molar-refractivity contribution in [3.63, 3.8) is 0 Å². The molecule has 74 valence electrons. The van der Waals surface area contributed by atoms with Gasteiger partial charge in [0, 0.05) is 6.21 Å². The molecule has 13 heavy (non-hydrogen) atoms. The largest absolute Gasteiger partial charge is 0.461 e. The topological polar surface area (TPSA) is 38.7 Å². The van der Waals surface area contributed by atoms with E-state index >= 15 is 0 Å². The molecule has 0 aromatic rings. The lowest BCUT2D eigenvalue weighted by molar-refractivity contribution is -0.138. The number of ether oxygens (including phenoxy) is 1. The summed E-state index contributed by atoms with van der Waals surface area (Å²) in [6, 6.07) is 0. The van der Waals surface area contributed by atoms with Crippen LogP contribution < -0.4 is 0 Å². The van der Waals surface area contributed by atoms with Crippen molar-refractivity contribution in [1.29, 1.82) is 0 Å². The van der Waals surface area contributed by atoms with Gasteiger partial charge in [0.25, 0.3) is 0 Å². The Kier molecular flexibility index (Phi) is 6.88. The molecule has 0 bridgehead atoms. The molecule has 0 spiro atoms. The first-order valence-electron chi connectivity index (χ1n) is 4.62. The molecule has 0 rings (SSSR count). The first-order chi connectivity index (χ1) is 6.26. The Morgan fingerprint density at radius 1 is 1.46 bits per heavy atom. The van der Waals surface area contributed by atoms with Crippen molar-refractivity contribution >= 4 is 12.2 Å². The molecule has 0 aromatic heterocycles. The lowest BCUT2D eigenvalue weighted by Gasteiger charge is -2.00. The van der Waals surface area contributed by atoms with Crippen molar-refractivity contribution in [2.45, 2.75) is 33.6 Å². The van der Waals surface area contributed by atoms with Gasteiger partial charge in [0.1, 0.15) is 5.70 Å². The van der Waals surface area contributed by atoms with E-state index in [2.05, 4.69) is 11.9 Å². The molecule has 0 N–H and O–H groups in total. The van der Waals surface area contributed by atoms with Crippen molar-refractivity contribution in [3.05, 3.63) is 11.8 Å². The van der Waals surface area contributed by atoms with Gasteiger partial charge in [0.15, 0.2) is 0 Å². The van der Waals surface area contributed by atoms with Crippen molar-refractivity contribution in [3.8, 4) is 0 Å². The molecule has 3 heteroatoms. The first-order valence-corrected chi connectivity index (χ1v) is 4.62. The third-order valence-electron chi connectivity index (χ3n) is 1.38. The molecule has 0 saturated carbocycles. The molecular weight excluding hydrogens is 166 g/mol. The minimum absolute atomic E-state index is 0.339. The summed E-state index contributed by atoms with van der Waals surface area (Å²) in [4.78, 5) is 15.2. The second-order valence-corrected chi connectivity index (χ2v) is 2.49. The quantitative estimate of drug-likeness (QED) is 0.373. The van der Waals surface area contributed by atoms with Crippen LogP contribution in [0.3, 0.4) is 0 Å². The maximum Gasteiger partial charge on any atom is 0.356 e. The average Bonchev–Trinajstić information content (AvgIpc) is 2.12. The fourth-order valence-corrected chi connectivity index (χ4v) is 0.814. The normalized spacial score (nSPS) is 12.1. The lowest BCUT2D eigenvalue weighted by Crippen LogP contribution is -2.06. The van der Waals surface area contributed by atoms with Crippen LogP contribution >= 0.6 is 0 Å². The first kappa shape index (κ1) is 11.9. The number of unbranched alkanes of at least 4 members (excludes halogenated alkanes) is 1. The van der Waals surface area contributed by atoms with E-state index in [9.17, 15) is 4.79 Å². The lowest BCUT2D eigenvalue weighted by atomic mass is 10.3. The Balaban J connectivity index is 4.31. The van der Waals surface area contributed by atoms with Crippen LogP contribution in [0.15, 0.2) is 16.8 Å². The van der Waals surface area contributed by atoms with Crippen molar-refractivity contribution < 1.29 is 9.53 Å². The van der Waals surface area contributed by atoms with Gasteiger partial charge in [-0.2, -0.15) is 0 Å². The van der Waals surface area contributed by atoms with E-state index in [0.29, 0.717) is 12.3 Å². The number of nitrogens with zero attached hydrogens (tertiary/aromatic N) is 1. The summed E-state index contributed by atoms with van der Waals surface area (Å²) in [6.07, 6.45) is 5.25. The zero-order valence-corrected chi connectivity index (χ0v) is 8.54. The van der Waals surface area contributed by atoms with E-state index in [-0.39, 0.29) is 5.97 Å². The average molecular weight is 183 g/mol. The molecule has 3 nitrogen and oxygen atoms in total. The predicted octanol–water partition coefficient (Wildman–Crippen LogP) is 2.32. The van der Waals surface area contributed by atoms with Crippen molar-refractivity contribution in [1.82, 2.24) is 0 Å². The Hall–Kier alpha value is -1.12. The van der Waals surface area contributed by atoms with E-state index in [1.165, 1.54) is 0 Å². The molecule has 0 aliphatic carbocycles. The molecule has 0 heterocycles. The van der Waals surface area contributed by atoms with Gasteiger partial charge in [-0.25, -0.2) is 4.79 Å². The number of allylic oxidation sites excluding steroid dienone is 1. The van der Waals surface area contributed by atoms with Gasteiger partial charge in [-0.3, -0.25) is 4.99 Å². The molecule has 0 fully saturated rings. The van der Waals surface area contributed by atoms with Gasteiger partial charge in [-0.1, -0.05) is 19.4 Å². The molecule has 0 aliphatic rings. The molecule has 0 aliphatic heterocycles. The summed E-state index contributed by atoms with van der Waals surface area (Å²) in [5.41, 5.74) is 0.409. The van der Waals surface area contributed by atoms with Crippen LogP contribution in [0, 0.1) is 0 Å². The highest BCUT2D eigenvalue weighted by molar-refractivity contribution is 5.89. The fourth-order valence-electron chi connectivity index (χ4n) is 0.814. The molecule has 0 atom stereocenters. The maximum absolute atomic E-state index is 11.2. The minimum Gasteiger partial charge on any atom is -0.461 e. The number of hydrogen-bond donors (Lipinski definition) is 0. The fraction of sp³-hybridized carbons (Fsp3) is 0.600. The van der Waals surface area contributed by atoms with Crippen LogP contribution in [0.4, 0.5) is 0 Å². The van der Waals surface area contributed by atoms with Gasteiger partial charge in [0.05, 0.1) is 6.61 Å². The van der Waals surface area contributed by atoms with Gasteiger partial charge < -0.3 is 4.74 Å². The highest BCUT2D eigenvalue weighted by Crippen LogP contribution is 2.03. The SMILES string of the molecule is CC=N/C(=C\CCC)C(=O)OCC. The number of rotatable bonds is 5. The monoisotopic (exact) mass is 183 g/mol. The second kappa shape index (κ2) is 7.53. The molecular formula is C10H17NO2. The second-order valence-electron chi connectivity index (χ2n) is 2.49. The number of aliphatic imine (C=N–C) groups is 1. The van der Waals surface area contributed by atoms with Crippen LogP contribution in [0.1, 0.15) is 33.6 Å². The van der Waals surface area contributed by atoms with E-state index in [4.69, 9.17) is 4.74 Å². The number of carbonyl (C=O) groups is 1. The van der Waals surface area contributed by atoms with Crippen LogP contribution in [0.2, 0.25) is 0 Å². The Labute approximate surface area is 79.5 Å². The molecule has 0 radical (unpaired) electrons. The molecule has 0 unspecified atom stereocenters. The third kappa shape index (κ3) is 5.17. The zero-order chi connectivity index (χ0) is 10.1. The number of hydrogen-bond acceptors (Lipinski definition) is 3. The van der Waals surface area contributed by atoms with Crippen molar-refractivity contribution in [2.24, 2.45) is 4.99 Å². The van der Waals surface area contributed by atoms with Crippen molar-refractivity contribution in [2.75, 3.05) is 6.61 Å². The number of carbonyl (C=O) groups excluding carboxylic acids is 1. The summed E-state index contributed by atoms with van der Waals surface area (Å²) < 4.78 is 4.83. The number of esters is 1. The van der Waals surface area contributed by atoms with E-state index in [1.807, 2.05) is 0 Å². The smallest absolute Gasteiger partial charge is 0.356 e. The van der Waals surface area contributed by atoms with E-state index < -0.39 is 0 Å². The standard InChI is InChI=1S/C10H17NO2/c1-4-7-8-9(11-5-2)10(12)13-6-3/h5,8H,4,6-7H2,1-3H3/b9-8-,11-5?. The van der Waals surface area contributed by atoms with E-state index in [1.54, 1.807) is 26.1 Å². The zero-order valence-electron chi connectivity index (χ0n) is 8.54. The Morgan fingerprint density at radius 2 is 2.15 bits per heavy atom. The van der Waals surface area contributed by atoms with Gasteiger partial charge in [0.2, 0.25) is 0 Å².